The fraction of sp³-hybridized carbons (Fsp3) is 0.500. The molecule has 114 valence electrons. The summed E-state index contributed by atoms with van der Waals surface area (Å²) in [7, 11) is 0. The lowest BCUT2D eigenvalue weighted by Crippen LogP contribution is -2.26. The first-order chi connectivity index (χ1) is 10.1. The Morgan fingerprint density at radius 3 is 2.81 bits per heavy atom. The third-order valence-corrected chi connectivity index (χ3v) is 4.44. The minimum Gasteiger partial charge on any atom is -0.356 e. The summed E-state index contributed by atoms with van der Waals surface area (Å²) < 4.78 is 4.74. The molecule has 2 aromatic rings. The van der Waals surface area contributed by atoms with Crippen LogP contribution in [0.2, 0.25) is 0 Å². The highest BCUT2D eigenvalue weighted by Gasteiger charge is 2.09. The van der Waals surface area contributed by atoms with Gasteiger partial charge >= 0.3 is 0 Å². The van der Waals surface area contributed by atoms with Crippen molar-refractivity contribution >= 4 is 21.8 Å². The molecule has 0 unspecified atom stereocenters. The van der Waals surface area contributed by atoms with Gasteiger partial charge in [-0.2, -0.15) is 10.2 Å². The molecule has 2 rings (SSSR count). The summed E-state index contributed by atoms with van der Waals surface area (Å²) in [5, 5.41) is 11.4. The normalized spacial score (nSPS) is 10.8. The largest absolute Gasteiger partial charge is 0.356 e. The van der Waals surface area contributed by atoms with Crippen LogP contribution in [0.5, 0.6) is 0 Å². The first-order valence-electron chi connectivity index (χ1n) is 7.01. The highest BCUT2D eigenvalue weighted by atomic mass is 79.9. The lowest BCUT2D eigenvalue weighted by atomic mass is 10.3. The van der Waals surface area contributed by atoms with E-state index < -0.39 is 0 Å². The molecule has 0 saturated heterocycles. The number of nitrogens with zero attached hydrogens (tertiary/aromatic N) is 4. The van der Waals surface area contributed by atoms with E-state index in [-0.39, 0.29) is 5.91 Å². The van der Waals surface area contributed by atoms with Crippen LogP contribution < -0.4 is 5.32 Å². The van der Waals surface area contributed by atoms with Crippen LogP contribution in [0.4, 0.5) is 0 Å². The van der Waals surface area contributed by atoms with Gasteiger partial charge in [0.25, 0.3) is 0 Å². The Balaban J connectivity index is 1.66. The number of aromatic nitrogens is 4. The summed E-state index contributed by atoms with van der Waals surface area (Å²) in [5.74, 6) is 0.0548. The van der Waals surface area contributed by atoms with E-state index in [2.05, 4.69) is 31.4 Å². The second-order valence-corrected chi connectivity index (χ2v) is 5.72. The third-order valence-electron chi connectivity index (χ3n) is 3.29. The van der Waals surface area contributed by atoms with Crippen molar-refractivity contribution in [1.29, 1.82) is 0 Å². The smallest absolute Gasteiger partial charge is 0.221 e. The molecule has 0 atom stereocenters. The second-order valence-electron chi connectivity index (χ2n) is 4.93. The SMILES string of the molecule is Cc1nn(CCC(=O)NCCCn2cccn2)c(C)c1Br. The molecule has 7 heteroatoms. The summed E-state index contributed by atoms with van der Waals surface area (Å²) in [6.45, 7) is 6.02. The number of rotatable bonds is 7. The van der Waals surface area contributed by atoms with E-state index in [0.717, 1.165) is 28.8 Å². The molecule has 1 N–H and O–H groups in total. The van der Waals surface area contributed by atoms with E-state index in [0.29, 0.717) is 19.5 Å². The van der Waals surface area contributed by atoms with Gasteiger partial charge in [-0.05, 0) is 42.3 Å². The van der Waals surface area contributed by atoms with Crippen molar-refractivity contribution in [3.8, 4) is 0 Å². The maximum atomic E-state index is 11.8. The van der Waals surface area contributed by atoms with Crippen molar-refractivity contribution < 1.29 is 4.79 Å². The van der Waals surface area contributed by atoms with Gasteiger partial charge in [0, 0.05) is 37.6 Å². The van der Waals surface area contributed by atoms with Crippen molar-refractivity contribution in [1.82, 2.24) is 24.9 Å². The molecule has 2 aromatic heterocycles. The topological polar surface area (TPSA) is 64.7 Å². The molecular formula is C14H20BrN5O. The Hall–Kier alpha value is -1.63. The standard InChI is InChI=1S/C14H20BrN5O/c1-11-14(15)12(2)20(18-11)10-5-13(21)16-6-3-8-19-9-4-7-17-19/h4,7,9H,3,5-6,8,10H2,1-2H3,(H,16,21). The molecule has 2 heterocycles. The maximum absolute atomic E-state index is 11.8. The summed E-state index contributed by atoms with van der Waals surface area (Å²) in [6.07, 6.45) is 4.99. The van der Waals surface area contributed by atoms with E-state index in [1.807, 2.05) is 35.5 Å². The van der Waals surface area contributed by atoms with Gasteiger partial charge in [0.1, 0.15) is 0 Å². The molecule has 0 aliphatic carbocycles. The Morgan fingerprint density at radius 1 is 1.38 bits per heavy atom. The van der Waals surface area contributed by atoms with Gasteiger partial charge in [0.15, 0.2) is 0 Å². The Labute approximate surface area is 132 Å². The van der Waals surface area contributed by atoms with Crippen LogP contribution in [-0.4, -0.2) is 32.0 Å². The Morgan fingerprint density at radius 2 is 2.19 bits per heavy atom. The summed E-state index contributed by atoms with van der Waals surface area (Å²) in [4.78, 5) is 11.8. The highest BCUT2D eigenvalue weighted by Crippen LogP contribution is 2.19. The average Bonchev–Trinajstić information content (AvgIpc) is 3.06. The maximum Gasteiger partial charge on any atom is 0.221 e. The quantitative estimate of drug-likeness (QED) is 0.774. The fourth-order valence-corrected chi connectivity index (χ4v) is 2.37. The number of hydrogen-bond donors (Lipinski definition) is 1. The van der Waals surface area contributed by atoms with Gasteiger partial charge in [-0.25, -0.2) is 0 Å². The molecule has 0 aliphatic rings. The van der Waals surface area contributed by atoms with Crippen LogP contribution >= 0.6 is 15.9 Å². The summed E-state index contributed by atoms with van der Waals surface area (Å²) in [6, 6.07) is 1.89. The van der Waals surface area contributed by atoms with Gasteiger partial charge in [-0.1, -0.05) is 0 Å². The lowest BCUT2D eigenvalue weighted by Gasteiger charge is -2.07. The van der Waals surface area contributed by atoms with E-state index in [1.54, 1.807) is 6.20 Å². The number of nitrogens with one attached hydrogen (secondary N) is 1. The predicted octanol–water partition coefficient (Wildman–Crippen LogP) is 2.06. The van der Waals surface area contributed by atoms with Gasteiger partial charge in [-0.15, -0.1) is 0 Å². The van der Waals surface area contributed by atoms with Crippen LogP contribution in [0.1, 0.15) is 24.2 Å². The van der Waals surface area contributed by atoms with Crippen LogP contribution in [0.15, 0.2) is 22.9 Å². The van der Waals surface area contributed by atoms with Gasteiger partial charge < -0.3 is 5.32 Å². The molecular weight excluding hydrogens is 334 g/mol. The van der Waals surface area contributed by atoms with Crippen molar-refractivity contribution in [2.75, 3.05) is 6.54 Å². The number of hydrogen-bond acceptors (Lipinski definition) is 3. The highest BCUT2D eigenvalue weighted by molar-refractivity contribution is 9.10. The van der Waals surface area contributed by atoms with Crippen molar-refractivity contribution in [3.05, 3.63) is 34.3 Å². The Bertz CT molecular complexity index is 591. The molecule has 6 nitrogen and oxygen atoms in total. The van der Waals surface area contributed by atoms with Crippen LogP contribution in [0, 0.1) is 13.8 Å². The first-order valence-corrected chi connectivity index (χ1v) is 7.81. The molecule has 0 bridgehead atoms. The van der Waals surface area contributed by atoms with Crippen molar-refractivity contribution in [3.63, 3.8) is 0 Å². The van der Waals surface area contributed by atoms with Crippen LogP contribution in [0.25, 0.3) is 0 Å². The van der Waals surface area contributed by atoms with Gasteiger partial charge in [0.2, 0.25) is 5.91 Å². The number of aryl methyl sites for hydroxylation is 3. The summed E-state index contributed by atoms with van der Waals surface area (Å²) >= 11 is 3.48. The molecule has 1 amide bonds. The first kappa shape index (κ1) is 15.8. The molecule has 0 aliphatic heterocycles. The monoisotopic (exact) mass is 353 g/mol. The molecule has 0 aromatic carbocycles. The number of halogens is 1. The molecule has 0 fully saturated rings. The average molecular weight is 354 g/mol. The van der Waals surface area contributed by atoms with Crippen LogP contribution in [0.3, 0.4) is 0 Å². The molecule has 0 saturated carbocycles. The van der Waals surface area contributed by atoms with Crippen molar-refractivity contribution in [2.24, 2.45) is 0 Å². The lowest BCUT2D eigenvalue weighted by molar-refractivity contribution is -0.121. The van der Waals surface area contributed by atoms with E-state index in [4.69, 9.17) is 0 Å². The van der Waals surface area contributed by atoms with Gasteiger partial charge in [0.05, 0.1) is 16.7 Å². The van der Waals surface area contributed by atoms with E-state index in [1.165, 1.54) is 0 Å². The zero-order chi connectivity index (χ0) is 15.2. The second kappa shape index (κ2) is 7.40. The predicted molar refractivity (Wildman–Crippen MR) is 83.9 cm³/mol. The van der Waals surface area contributed by atoms with Crippen LogP contribution in [-0.2, 0) is 17.9 Å². The zero-order valence-electron chi connectivity index (χ0n) is 12.3. The fourth-order valence-electron chi connectivity index (χ4n) is 2.09. The van der Waals surface area contributed by atoms with Gasteiger partial charge in [-0.3, -0.25) is 14.2 Å². The zero-order valence-corrected chi connectivity index (χ0v) is 13.9. The third kappa shape index (κ3) is 4.42. The minimum atomic E-state index is 0.0548. The number of carbonyl (C=O) groups is 1. The summed E-state index contributed by atoms with van der Waals surface area (Å²) in [5.41, 5.74) is 2.01. The van der Waals surface area contributed by atoms with E-state index in [9.17, 15) is 4.79 Å². The molecule has 0 radical (unpaired) electrons. The molecule has 21 heavy (non-hydrogen) atoms. The van der Waals surface area contributed by atoms with E-state index >= 15 is 0 Å². The number of carbonyl (C=O) groups excluding carboxylic acids is 1. The molecule has 0 spiro atoms. The van der Waals surface area contributed by atoms with Crippen molar-refractivity contribution in [2.45, 2.75) is 39.8 Å². The Kier molecular flexibility index (Phi) is 5.55. The minimum absolute atomic E-state index is 0.0548. The number of amides is 1.